The molecule has 0 radical (unpaired) electrons. The van der Waals surface area contributed by atoms with Gasteiger partial charge < -0.3 is 15.4 Å². The van der Waals surface area contributed by atoms with E-state index in [4.69, 9.17) is 5.26 Å². The summed E-state index contributed by atoms with van der Waals surface area (Å²) in [6.07, 6.45) is 0. The number of hydrogen-bond donors (Lipinski definition) is 2. The third-order valence-corrected chi connectivity index (χ3v) is 3.99. The van der Waals surface area contributed by atoms with Crippen molar-refractivity contribution in [2.24, 2.45) is 5.41 Å². The highest BCUT2D eigenvalue weighted by atomic mass is 16.5. The van der Waals surface area contributed by atoms with E-state index in [0.717, 1.165) is 0 Å². The van der Waals surface area contributed by atoms with Gasteiger partial charge >= 0.3 is 5.97 Å². The second-order valence-electron chi connectivity index (χ2n) is 6.26. The van der Waals surface area contributed by atoms with Gasteiger partial charge in [0.25, 0.3) is 0 Å². The Morgan fingerprint density at radius 2 is 1.56 bits per heavy atom. The average molecular weight is 365 g/mol. The molecule has 0 saturated carbocycles. The first-order valence-electron chi connectivity index (χ1n) is 8.10. The lowest BCUT2D eigenvalue weighted by Gasteiger charge is -2.23. The molecule has 2 N–H and O–H groups in total. The second kappa shape index (κ2) is 8.15. The Morgan fingerprint density at radius 1 is 0.963 bits per heavy atom. The molecule has 0 aliphatic carbocycles. The van der Waals surface area contributed by atoms with Crippen LogP contribution in [0.1, 0.15) is 29.8 Å². The highest BCUT2D eigenvalue weighted by Gasteiger charge is 2.36. The van der Waals surface area contributed by atoms with Gasteiger partial charge in [0.2, 0.25) is 11.8 Å². The van der Waals surface area contributed by atoms with Crippen LogP contribution >= 0.6 is 0 Å². The number of nitriles is 1. The van der Waals surface area contributed by atoms with E-state index in [-0.39, 0.29) is 0 Å². The molecule has 7 heteroatoms. The van der Waals surface area contributed by atoms with E-state index < -0.39 is 23.2 Å². The Bertz CT molecular complexity index is 912. The summed E-state index contributed by atoms with van der Waals surface area (Å²) < 4.78 is 4.62. The Morgan fingerprint density at radius 3 is 2.15 bits per heavy atom. The van der Waals surface area contributed by atoms with Gasteiger partial charge in [0.1, 0.15) is 11.5 Å². The number of ether oxygens (including phenoxy) is 1. The molecule has 0 atom stereocenters. The van der Waals surface area contributed by atoms with Crippen molar-refractivity contribution in [1.29, 1.82) is 5.26 Å². The molecule has 0 spiro atoms. The van der Waals surface area contributed by atoms with Crippen molar-refractivity contribution in [3.8, 4) is 6.07 Å². The molecule has 2 rings (SSSR count). The lowest BCUT2D eigenvalue weighted by molar-refractivity contribution is -0.135. The number of nitrogens with one attached hydrogen (secondary N) is 2. The van der Waals surface area contributed by atoms with Crippen LogP contribution < -0.4 is 10.6 Å². The molecule has 0 unspecified atom stereocenters. The molecule has 0 fully saturated rings. The maximum Gasteiger partial charge on any atom is 0.337 e. The van der Waals surface area contributed by atoms with Gasteiger partial charge in [-0.1, -0.05) is 12.1 Å². The fourth-order valence-electron chi connectivity index (χ4n) is 2.17. The summed E-state index contributed by atoms with van der Waals surface area (Å²) in [5, 5.41) is 14.4. The maximum atomic E-state index is 12.6. The normalized spacial score (nSPS) is 10.4. The van der Waals surface area contributed by atoms with Crippen molar-refractivity contribution in [1.82, 2.24) is 0 Å². The SMILES string of the molecule is COC(=O)c1ccc(NC(=O)C(C)(C)C(=O)Nc2ccccc2C#N)cc1. The zero-order valence-corrected chi connectivity index (χ0v) is 15.2. The molecule has 2 aromatic rings. The molecule has 0 bridgehead atoms. The number of amides is 2. The number of carbonyl (C=O) groups is 3. The quantitative estimate of drug-likeness (QED) is 0.625. The summed E-state index contributed by atoms with van der Waals surface area (Å²) in [5.41, 5.74) is 0.0316. The third-order valence-electron chi connectivity index (χ3n) is 3.99. The zero-order chi connectivity index (χ0) is 20.0. The number of esters is 1. The Hall–Kier alpha value is -3.66. The van der Waals surface area contributed by atoms with Gasteiger partial charge in [0.15, 0.2) is 0 Å². The third kappa shape index (κ3) is 4.50. The van der Waals surface area contributed by atoms with E-state index in [9.17, 15) is 14.4 Å². The molecule has 0 heterocycles. The standard InChI is InChI=1S/C20H19N3O4/c1-20(2,19(26)23-16-7-5-4-6-14(16)12-21)18(25)22-15-10-8-13(9-11-15)17(24)27-3/h4-11H,1-3H3,(H,22,25)(H,23,26). The Balaban J connectivity index is 2.11. The van der Waals surface area contributed by atoms with Crippen molar-refractivity contribution in [3.05, 3.63) is 59.7 Å². The van der Waals surface area contributed by atoms with Crippen LogP contribution in [0.3, 0.4) is 0 Å². The van der Waals surface area contributed by atoms with Crippen molar-refractivity contribution >= 4 is 29.2 Å². The van der Waals surface area contributed by atoms with E-state index >= 15 is 0 Å². The zero-order valence-electron chi connectivity index (χ0n) is 15.2. The molecule has 7 nitrogen and oxygen atoms in total. The largest absolute Gasteiger partial charge is 0.465 e. The van der Waals surface area contributed by atoms with Gasteiger partial charge in [-0.2, -0.15) is 5.26 Å². The number of methoxy groups -OCH3 is 1. The lowest BCUT2D eigenvalue weighted by atomic mass is 9.90. The van der Waals surface area contributed by atoms with Crippen LogP contribution in [0.2, 0.25) is 0 Å². The van der Waals surface area contributed by atoms with Crippen LogP contribution in [-0.2, 0) is 14.3 Å². The monoisotopic (exact) mass is 365 g/mol. The first-order valence-corrected chi connectivity index (χ1v) is 8.10. The number of hydrogen-bond acceptors (Lipinski definition) is 5. The average Bonchev–Trinajstić information content (AvgIpc) is 2.68. The second-order valence-corrected chi connectivity index (χ2v) is 6.26. The summed E-state index contributed by atoms with van der Waals surface area (Å²) >= 11 is 0. The van der Waals surface area contributed by atoms with Crippen molar-refractivity contribution in [3.63, 3.8) is 0 Å². The predicted molar refractivity (Wildman–Crippen MR) is 100.0 cm³/mol. The minimum absolute atomic E-state index is 0.306. The van der Waals surface area contributed by atoms with Gasteiger partial charge in [0, 0.05) is 5.69 Å². The summed E-state index contributed by atoms with van der Waals surface area (Å²) in [4.78, 5) is 36.6. The molecular weight excluding hydrogens is 346 g/mol. The first-order chi connectivity index (χ1) is 12.8. The molecule has 2 aromatic carbocycles. The smallest absolute Gasteiger partial charge is 0.337 e. The predicted octanol–water partition coefficient (Wildman–Crippen LogP) is 2.95. The van der Waals surface area contributed by atoms with Crippen LogP contribution in [-0.4, -0.2) is 24.9 Å². The van der Waals surface area contributed by atoms with Crippen molar-refractivity contribution in [2.75, 3.05) is 17.7 Å². The van der Waals surface area contributed by atoms with Crippen LogP contribution in [0.4, 0.5) is 11.4 Å². The number of carbonyl (C=O) groups excluding carboxylic acids is 3. The topological polar surface area (TPSA) is 108 Å². The van der Waals surface area contributed by atoms with Gasteiger partial charge in [-0.05, 0) is 50.2 Å². The first kappa shape index (κ1) is 19.7. The van der Waals surface area contributed by atoms with Crippen LogP contribution in [0, 0.1) is 16.7 Å². The van der Waals surface area contributed by atoms with Gasteiger partial charge in [-0.15, -0.1) is 0 Å². The molecule has 2 amide bonds. The van der Waals surface area contributed by atoms with Gasteiger partial charge in [-0.25, -0.2) is 4.79 Å². The van der Waals surface area contributed by atoms with Crippen molar-refractivity contribution < 1.29 is 19.1 Å². The van der Waals surface area contributed by atoms with Crippen molar-refractivity contribution in [2.45, 2.75) is 13.8 Å². The molecule has 0 aliphatic heterocycles. The summed E-state index contributed by atoms with van der Waals surface area (Å²) in [7, 11) is 1.28. The maximum absolute atomic E-state index is 12.6. The Labute approximate surface area is 156 Å². The van der Waals surface area contributed by atoms with E-state index in [2.05, 4.69) is 15.4 Å². The van der Waals surface area contributed by atoms with Crippen LogP contribution in [0.5, 0.6) is 0 Å². The number of nitrogens with zero attached hydrogens (tertiary/aromatic N) is 1. The Kier molecular flexibility index (Phi) is 5.93. The fraction of sp³-hybridized carbons (Fsp3) is 0.200. The minimum Gasteiger partial charge on any atom is -0.465 e. The number of para-hydroxylation sites is 1. The van der Waals surface area contributed by atoms with Gasteiger partial charge in [-0.3, -0.25) is 9.59 Å². The summed E-state index contributed by atoms with van der Waals surface area (Å²) in [5.74, 6) is -1.56. The molecule has 0 saturated heterocycles. The number of anilines is 2. The highest BCUT2D eigenvalue weighted by molar-refractivity contribution is 6.14. The molecule has 27 heavy (non-hydrogen) atoms. The number of benzene rings is 2. The molecule has 0 aliphatic rings. The summed E-state index contributed by atoms with van der Waals surface area (Å²) in [6, 6.07) is 14.6. The van der Waals surface area contributed by atoms with Gasteiger partial charge in [0.05, 0.1) is 23.9 Å². The molecular formula is C20H19N3O4. The minimum atomic E-state index is -1.40. The van der Waals surface area contributed by atoms with E-state index in [1.54, 1.807) is 36.4 Å². The van der Waals surface area contributed by atoms with E-state index in [1.165, 1.54) is 33.1 Å². The van der Waals surface area contributed by atoms with E-state index in [1.807, 2.05) is 6.07 Å². The molecule has 0 aromatic heterocycles. The van der Waals surface area contributed by atoms with Crippen LogP contribution in [0.25, 0.3) is 0 Å². The van der Waals surface area contributed by atoms with E-state index in [0.29, 0.717) is 22.5 Å². The lowest BCUT2D eigenvalue weighted by Crippen LogP contribution is -2.41. The highest BCUT2D eigenvalue weighted by Crippen LogP contribution is 2.23. The summed E-state index contributed by atoms with van der Waals surface area (Å²) in [6.45, 7) is 2.96. The fourth-order valence-corrected chi connectivity index (χ4v) is 2.17. The molecule has 138 valence electrons. The number of rotatable bonds is 5. The van der Waals surface area contributed by atoms with Crippen LogP contribution in [0.15, 0.2) is 48.5 Å².